The number of hydrogen-bond acceptors (Lipinski definition) is 3. The Kier molecular flexibility index (Phi) is 36.7. The number of hydrogen-bond donors (Lipinski definition) is 1. The van der Waals surface area contributed by atoms with Crippen molar-refractivity contribution < 1.29 is 14.3 Å². The van der Waals surface area contributed by atoms with E-state index >= 15 is 0 Å². The first-order valence-electron chi connectivity index (χ1n) is 8.01. The number of nitrogens with one attached hydrogen (secondary N) is 1. The first-order chi connectivity index (χ1) is 10.1. The lowest BCUT2D eigenvalue weighted by molar-refractivity contribution is 0.149. The third-order valence-corrected chi connectivity index (χ3v) is 2.41. The largest absolute Gasteiger partial charge is 0.445 e. The van der Waals surface area contributed by atoms with E-state index in [2.05, 4.69) is 37.4 Å². The van der Waals surface area contributed by atoms with Gasteiger partial charge in [0.25, 0.3) is 0 Å². The quantitative estimate of drug-likeness (QED) is 0.699. The summed E-state index contributed by atoms with van der Waals surface area (Å²) in [5.41, 5.74) is 0. The molecule has 0 radical (unpaired) electrons. The van der Waals surface area contributed by atoms with Gasteiger partial charge in [-0.05, 0) is 12.3 Å². The van der Waals surface area contributed by atoms with E-state index < -0.39 is 0 Å². The predicted molar refractivity (Wildman–Crippen MR) is 93.8 cm³/mol. The van der Waals surface area contributed by atoms with Crippen molar-refractivity contribution >= 4 is 6.09 Å². The van der Waals surface area contributed by atoms with E-state index in [0.717, 1.165) is 12.8 Å². The summed E-state index contributed by atoms with van der Waals surface area (Å²) in [4.78, 5) is 11.2. The Morgan fingerprint density at radius 1 is 1.14 bits per heavy atom. The fourth-order valence-electron chi connectivity index (χ4n) is 1.26. The van der Waals surface area contributed by atoms with E-state index in [1.807, 2.05) is 27.7 Å². The molecular weight excluding hydrogens is 266 g/mol. The van der Waals surface area contributed by atoms with Crippen molar-refractivity contribution in [3.05, 3.63) is 12.7 Å². The van der Waals surface area contributed by atoms with Gasteiger partial charge in [0.05, 0.1) is 0 Å². The van der Waals surface area contributed by atoms with Crippen LogP contribution in [0.2, 0.25) is 0 Å². The summed E-state index contributed by atoms with van der Waals surface area (Å²) in [7, 11) is 3.25. The van der Waals surface area contributed by atoms with Gasteiger partial charge in [-0.2, -0.15) is 0 Å². The van der Waals surface area contributed by atoms with Gasteiger partial charge in [-0.15, -0.1) is 0 Å². The minimum absolute atomic E-state index is 0.206. The van der Waals surface area contributed by atoms with Crippen LogP contribution < -0.4 is 5.32 Å². The normalized spacial score (nSPS) is 10.9. The topological polar surface area (TPSA) is 47.6 Å². The van der Waals surface area contributed by atoms with Gasteiger partial charge >= 0.3 is 6.09 Å². The van der Waals surface area contributed by atoms with Gasteiger partial charge < -0.3 is 14.8 Å². The Bertz CT molecular complexity index is 196. The highest BCUT2D eigenvalue weighted by molar-refractivity contribution is 5.67. The molecule has 4 heteroatoms. The molecule has 1 N–H and O–H groups in total. The zero-order valence-corrected chi connectivity index (χ0v) is 15.8. The summed E-state index contributed by atoms with van der Waals surface area (Å²) in [6.45, 7) is 18.0. The zero-order chi connectivity index (χ0) is 17.7. The van der Waals surface area contributed by atoms with Gasteiger partial charge in [-0.1, -0.05) is 67.5 Å². The van der Waals surface area contributed by atoms with Crippen LogP contribution in [0, 0.1) is 5.92 Å². The van der Waals surface area contributed by atoms with Crippen LogP contribution in [-0.2, 0) is 9.47 Å². The molecule has 2 unspecified atom stereocenters. The van der Waals surface area contributed by atoms with Crippen molar-refractivity contribution in [2.75, 3.05) is 20.8 Å². The maximum absolute atomic E-state index is 11.2. The van der Waals surface area contributed by atoms with Gasteiger partial charge in [0.15, 0.2) is 0 Å². The molecule has 0 rings (SSSR count). The van der Waals surface area contributed by atoms with Crippen LogP contribution in [0.15, 0.2) is 12.7 Å². The van der Waals surface area contributed by atoms with Crippen LogP contribution in [0.4, 0.5) is 4.79 Å². The molecule has 1 amide bonds. The van der Waals surface area contributed by atoms with Crippen LogP contribution in [0.1, 0.15) is 61.3 Å². The Morgan fingerprint density at radius 2 is 1.57 bits per heavy atom. The molecule has 0 aliphatic heterocycles. The molecule has 21 heavy (non-hydrogen) atoms. The first-order valence-corrected chi connectivity index (χ1v) is 8.01. The second-order valence-electron chi connectivity index (χ2n) is 3.84. The summed E-state index contributed by atoms with van der Waals surface area (Å²) in [5.74, 6) is 0.483. The summed E-state index contributed by atoms with van der Waals surface area (Å²) >= 11 is 0. The fraction of sp³-hybridized carbons (Fsp3) is 0.824. The minimum atomic E-state index is -0.350. The molecule has 2 atom stereocenters. The van der Waals surface area contributed by atoms with Crippen LogP contribution >= 0.6 is 0 Å². The molecule has 0 saturated heterocycles. The average Bonchev–Trinajstić information content (AvgIpc) is 2.54. The molecular formula is C17H39NO3. The van der Waals surface area contributed by atoms with Gasteiger partial charge in [-0.3, -0.25) is 0 Å². The maximum Gasteiger partial charge on any atom is 0.407 e. The van der Waals surface area contributed by atoms with Crippen molar-refractivity contribution in [2.45, 2.75) is 67.3 Å². The second-order valence-corrected chi connectivity index (χ2v) is 3.84. The molecule has 0 aromatic heterocycles. The number of ether oxygens (including phenoxy) is 2. The lowest BCUT2D eigenvalue weighted by Gasteiger charge is -2.22. The smallest absolute Gasteiger partial charge is 0.407 e. The van der Waals surface area contributed by atoms with Gasteiger partial charge in [0, 0.05) is 20.3 Å². The van der Waals surface area contributed by atoms with Crippen LogP contribution in [0.5, 0.6) is 0 Å². The number of carbonyl (C=O) groups is 1. The van der Waals surface area contributed by atoms with Crippen molar-refractivity contribution in [2.24, 2.45) is 5.92 Å². The summed E-state index contributed by atoms with van der Waals surface area (Å²) in [6.07, 6.45) is 3.19. The second kappa shape index (κ2) is 27.3. The van der Waals surface area contributed by atoms with Gasteiger partial charge in [-0.25, -0.2) is 4.79 Å². The van der Waals surface area contributed by atoms with E-state index in [4.69, 9.17) is 4.74 Å². The minimum Gasteiger partial charge on any atom is -0.445 e. The highest BCUT2D eigenvalue weighted by Crippen LogP contribution is 2.10. The molecule has 0 fully saturated rings. The molecule has 0 bridgehead atoms. The zero-order valence-electron chi connectivity index (χ0n) is 15.8. The SMILES string of the molecule is C=CCOC(=O)NC(CC)C(C)CC.CC.CC.COC. The van der Waals surface area contributed by atoms with Crippen LogP contribution in [0.3, 0.4) is 0 Å². The molecule has 4 nitrogen and oxygen atoms in total. The Hall–Kier alpha value is -1.03. The molecule has 0 spiro atoms. The lowest BCUT2D eigenvalue weighted by atomic mass is 9.97. The van der Waals surface area contributed by atoms with Gasteiger partial charge in [0.1, 0.15) is 6.61 Å². The van der Waals surface area contributed by atoms with Crippen molar-refractivity contribution in [1.82, 2.24) is 5.32 Å². The average molecular weight is 306 g/mol. The molecule has 0 aromatic rings. The summed E-state index contributed by atoms with van der Waals surface area (Å²) < 4.78 is 9.10. The number of carbonyl (C=O) groups excluding carboxylic acids is 1. The molecule has 0 aliphatic rings. The van der Waals surface area contributed by atoms with Crippen molar-refractivity contribution in [3.8, 4) is 0 Å². The number of rotatable bonds is 6. The number of alkyl carbamates (subject to hydrolysis) is 1. The van der Waals surface area contributed by atoms with E-state index in [9.17, 15) is 4.79 Å². The fourth-order valence-corrected chi connectivity index (χ4v) is 1.26. The Labute approximate surface area is 133 Å². The standard InChI is InChI=1S/C11H21NO2.C2H6O.2C2H6/c1-5-8-14-11(13)12-10(7-3)9(4)6-2;1-3-2;2*1-2/h5,9-10H,1,6-8H2,2-4H3,(H,12,13);1-2H3;2*1-2H3. The highest BCUT2D eigenvalue weighted by atomic mass is 16.5. The number of methoxy groups -OCH3 is 1. The van der Waals surface area contributed by atoms with Crippen LogP contribution in [0.25, 0.3) is 0 Å². The Balaban J connectivity index is -0.000000176. The maximum atomic E-state index is 11.2. The monoisotopic (exact) mass is 305 g/mol. The van der Waals surface area contributed by atoms with Crippen LogP contribution in [-0.4, -0.2) is 33.0 Å². The highest BCUT2D eigenvalue weighted by Gasteiger charge is 2.16. The predicted octanol–water partition coefficient (Wildman–Crippen LogP) is 5.04. The molecule has 0 heterocycles. The third-order valence-electron chi connectivity index (χ3n) is 2.41. The van der Waals surface area contributed by atoms with E-state index in [0.29, 0.717) is 5.92 Å². The van der Waals surface area contributed by atoms with E-state index in [-0.39, 0.29) is 18.7 Å². The molecule has 130 valence electrons. The van der Waals surface area contributed by atoms with Gasteiger partial charge in [0.2, 0.25) is 0 Å². The van der Waals surface area contributed by atoms with E-state index in [1.165, 1.54) is 0 Å². The van der Waals surface area contributed by atoms with Crippen molar-refractivity contribution in [1.29, 1.82) is 0 Å². The van der Waals surface area contributed by atoms with E-state index in [1.54, 1.807) is 20.3 Å². The summed E-state index contributed by atoms with van der Waals surface area (Å²) in [6, 6.07) is 0.206. The molecule has 0 saturated carbocycles. The van der Waals surface area contributed by atoms with Crippen molar-refractivity contribution in [3.63, 3.8) is 0 Å². The lowest BCUT2D eigenvalue weighted by Crippen LogP contribution is -2.39. The summed E-state index contributed by atoms with van der Waals surface area (Å²) in [5, 5.41) is 2.84. The first kappa shape index (κ1) is 28.2. The third kappa shape index (κ3) is 24.4. The molecule has 0 aliphatic carbocycles. The Morgan fingerprint density at radius 3 is 1.86 bits per heavy atom. The number of amides is 1. The molecule has 0 aromatic carbocycles.